The van der Waals surface area contributed by atoms with E-state index in [1.165, 1.54) is 0 Å². The van der Waals surface area contributed by atoms with Gasteiger partial charge < -0.3 is 5.73 Å². The minimum Gasteiger partial charge on any atom is -0.399 e. The first-order valence-corrected chi connectivity index (χ1v) is 8.13. The third kappa shape index (κ3) is 2.94. The molecule has 0 amide bonds. The van der Waals surface area contributed by atoms with E-state index in [0.29, 0.717) is 23.7 Å². The van der Waals surface area contributed by atoms with Crippen LogP contribution in [0.3, 0.4) is 0 Å². The van der Waals surface area contributed by atoms with Crippen LogP contribution in [-0.2, 0) is 10.0 Å². The number of nitrogens with two attached hydrogens (primary N) is 1. The summed E-state index contributed by atoms with van der Waals surface area (Å²) in [5, 5.41) is 0. The normalized spacial score (nSPS) is 18.8. The van der Waals surface area contributed by atoms with E-state index >= 15 is 0 Å². The van der Waals surface area contributed by atoms with Gasteiger partial charge in [0.15, 0.2) is 0 Å². The molecule has 0 bridgehead atoms. The molecule has 0 spiro atoms. The summed E-state index contributed by atoms with van der Waals surface area (Å²) in [4.78, 5) is 0.332. The van der Waals surface area contributed by atoms with Crippen LogP contribution in [0.5, 0.6) is 0 Å². The van der Waals surface area contributed by atoms with Crippen LogP contribution in [-0.4, -0.2) is 37.3 Å². The Kier molecular flexibility index (Phi) is 3.96. The number of anilines is 1. The second kappa shape index (κ2) is 5.29. The maximum Gasteiger partial charge on any atom is 0.243 e. The van der Waals surface area contributed by atoms with Gasteiger partial charge in [-0.05, 0) is 36.4 Å². The Hall–Kier alpha value is -0.720. The largest absolute Gasteiger partial charge is 0.399 e. The zero-order valence-corrected chi connectivity index (χ0v) is 11.1. The Morgan fingerprint density at radius 3 is 2.53 bits per heavy atom. The Bertz CT molecular complexity index is 463. The van der Waals surface area contributed by atoms with Gasteiger partial charge in [0.2, 0.25) is 10.0 Å². The summed E-state index contributed by atoms with van der Waals surface area (Å²) in [6, 6.07) is 6.39. The maximum absolute atomic E-state index is 12.3. The lowest BCUT2D eigenvalue weighted by atomic mass is 10.3. The Labute approximate surface area is 106 Å². The Morgan fingerprint density at radius 1 is 1.12 bits per heavy atom. The molecule has 4 nitrogen and oxygen atoms in total. The molecule has 0 aromatic heterocycles. The Balaban J connectivity index is 2.25. The van der Waals surface area contributed by atoms with Gasteiger partial charge in [0.25, 0.3) is 0 Å². The monoisotopic (exact) mass is 272 g/mol. The summed E-state index contributed by atoms with van der Waals surface area (Å²) in [5.74, 6) is 1.90. The molecule has 1 aliphatic heterocycles. The van der Waals surface area contributed by atoms with E-state index in [1.54, 1.807) is 28.6 Å². The van der Waals surface area contributed by atoms with Crippen LogP contribution in [0.1, 0.15) is 6.42 Å². The molecular weight excluding hydrogens is 256 g/mol. The first kappa shape index (κ1) is 12.7. The maximum atomic E-state index is 12.3. The molecule has 17 heavy (non-hydrogen) atoms. The van der Waals surface area contributed by atoms with Gasteiger partial charge in [-0.2, -0.15) is 16.1 Å². The van der Waals surface area contributed by atoms with Crippen LogP contribution < -0.4 is 5.73 Å². The van der Waals surface area contributed by atoms with Gasteiger partial charge in [0.05, 0.1) is 4.90 Å². The summed E-state index contributed by atoms with van der Waals surface area (Å²) >= 11 is 1.81. The molecule has 1 aromatic carbocycles. The van der Waals surface area contributed by atoms with Gasteiger partial charge >= 0.3 is 0 Å². The first-order chi connectivity index (χ1) is 8.10. The summed E-state index contributed by atoms with van der Waals surface area (Å²) < 4.78 is 26.2. The van der Waals surface area contributed by atoms with Gasteiger partial charge in [0.1, 0.15) is 0 Å². The smallest absolute Gasteiger partial charge is 0.243 e. The van der Waals surface area contributed by atoms with Crippen molar-refractivity contribution in [2.75, 3.05) is 30.3 Å². The van der Waals surface area contributed by atoms with Gasteiger partial charge in [-0.25, -0.2) is 8.42 Å². The highest BCUT2D eigenvalue weighted by Gasteiger charge is 2.24. The van der Waals surface area contributed by atoms with Crippen molar-refractivity contribution in [3.8, 4) is 0 Å². The predicted molar refractivity (Wildman–Crippen MR) is 71.6 cm³/mol. The second-order valence-electron chi connectivity index (χ2n) is 3.94. The lowest BCUT2D eigenvalue weighted by Crippen LogP contribution is -2.32. The average molecular weight is 272 g/mol. The fraction of sp³-hybridized carbons (Fsp3) is 0.455. The van der Waals surface area contributed by atoms with Crippen LogP contribution >= 0.6 is 11.8 Å². The standard InChI is InChI=1S/C11H16N2O2S2/c12-10-2-4-11(5-3-10)17(14,15)13-6-1-8-16-9-7-13/h2-5H,1,6-9,12H2. The fourth-order valence-electron chi connectivity index (χ4n) is 1.75. The zero-order chi connectivity index (χ0) is 12.3. The van der Waals surface area contributed by atoms with Gasteiger partial charge in [0, 0.05) is 24.5 Å². The fourth-order valence-corrected chi connectivity index (χ4v) is 4.23. The highest BCUT2D eigenvalue weighted by Crippen LogP contribution is 2.20. The lowest BCUT2D eigenvalue weighted by molar-refractivity contribution is 0.435. The number of thioether (sulfide) groups is 1. The molecule has 0 radical (unpaired) electrons. The summed E-state index contributed by atoms with van der Waals surface area (Å²) in [5.41, 5.74) is 6.14. The van der Waals surface area contributed by atoms with Crippen LogP contribution in [0.25, 0.3) is 0 Å². The summed E-state index contributed by atoms with van der Waals surface area (Å²) in [6.07, 6.45) is 0.916. The quantitative estimate of drug-likeness (QED) is 0.827. The minimum atomic E-state index is -3.34. The molecule has 94 valence electrons. The van der Waals surface area contributed by atoms with Gasteiger partial charge in [-0.15, -0.1) is 0 Å². The number of benzene rings is 1. The topological polar surface area (TPSA) is 63.4 Å². The summed E-state index contributed by atoms with van der Waals surface area (Å²) in [7, 11) is -3.34. The van der Waals surface area contributed by atoms with Crippen molar-refractivity contribution < 1.29 is 8.42 Å². The predicted octanol–water partition coefficient (Wildman–Crippen LogP) is 1.40. The lowest BCUT2D eigenvalue weighted by Gasteiger charge is -2.19. The number of hydrogen-bond acceptors (Lipinski definition) is 4. The Morgan fingerprint density at radius 2 is 1.82 bits per heavy atom. The number of rotatable bonds is 2. The number of hydrogen-bond donors (Lipinski definition) is 1. The molecular formula is C11H16N2O2S2. The molecule has 1 heterocycles. The van der Waals surface area contributed by atoms with Crippen molar-refractivity contribution in [2.45, 2.75) is 11.3 Å². The molecule has 0 atom stereocenters. The van der Waals surface area contributed by atoms with E-state index in [1.807, 2.05) is 11.8 Å². The molecule has 0 saturated carbocycles. The van der Waals surface area contributed by atoms with E-state index in [0.717, 1.165) is 17.9 Å². The molecule has 6 heteroatoms. The molecule has 2 rings (SSSR count). The van der Waals surface area contributed by atoms with Crippen molar-refractivity contribution >= 4 is 27.5 Å². The van der Waals surface area contributed by atoms with Crippen LogP contribution in [0.4, 0.5) is 5.69 Å². The second-order valence-corrected chi connectivity index (χ2v) is 7.10. The molecule has 1 saturated heterocycles. The number of sulfonamides is 1. The van der Waals surface area contributed by atoms with Gasteiger partial charge in [-0.1, -0.05) is 0 Å². The third-order valence-corrected chi connectivity index (χ3v) is 5.66. The number of nitrogen functional groups attached to an aromatic ring is 1. The van der Waals surface area contributed by atoms with Gasteiger partial charge in [-0.3, -0.25) is 0 Å². The highest BCUT2D eigenvalue weighted by atomic mass is 32.2. The van der Waals surface area contributed by atoms with Crippen molar-refractivity contribution in [2.24, 2.45) is 0 Å². The van der Waals surface area contributed by atoms with E-state index in [-0.39, 0.29) is 0 Å². The van der Waals surface area contributed by atoms with E-state index < -0.39 is 10.0 Å². The average Bonchev–Trinajstić information content (AvgIpc) is 2.58. The van der Waals surface area contributed by atoms with E-state index in [2.05, 4.69) is 0 Å². The van der Waals surface area contributed by atoms with Crippen LogP contribution in [0.2, 0.25) is 0 Å². The van der Waals surface area contributed by atoms with E-state index in [4.69, 9.17) is 5.73 Å². The first-order valence-electron chi connectivity index (χ1n) is 5.54. The van der Waals surface area contributed by atoms with Crippen molar-refractivity contribution in [1.82, 2.24) is 4.31 Å². The SMILES string of the molecule is Nc1ccc(S(=O)(=O)N2CCCSCC2)cc1. The molecule has 1 aromatic rings. The minimum absolute atomic E-state index is 0.332. The number of nitrogens with zero attached hydrogens (tertiary/aromatic N) is 1. The van der Waals surface area contributed by atoms with Crippen LogP contribution in [0, 0.1) is 0 Å². The van der Waals surface area contributed by atoms with E-state index in [9.17, 15) is 8.42 Å². The van der Waals surface area contributed by atoms with Crippen molar-refractivity contribution in [3.63, 3.8) is 0 Å². The van der Waals surface area contributed by atoms with Crippen molar-refractivity contribution in [3.05, 3.63) is 24.3 Å². The molecule has 1 fully saturated rings. The third-order valence-electron chi connectivity index (χ3n) is 2.70. The van der Waals surface area contributed by atoms with Crippen LogP contribution in [0.15, 0.2) is 29.2 Å². The zero-order valence-electron chi connectivity index (χ0n) is 9.50. The molecule has 2 N–H and O–H groups in total. The molecule has 0 aliphatic carbocycles. The molecule has 1 aliphatic rings. The highest BCUT2D eigenvalue weighted by molar-refractivity contribution is 7.99. The molecule has 0 unspecified atom stereocenters. The summed E-state index contributed by atoms with van der Waals surface area (Å²) in [6.45, 7) is 1.21. The van der Waals surface area contributed by atoms with Crippen molar-refractivity contribution in [1.29, 1.82) is 0 Å².